The van der Waals surface area contributed by atoms with Gasteiger partial charge in [-0.25, -0.2) is 4.79 Å². The summed E-state index contributed by atoms with van der Waals surface area (Å²) >= 11 is 0. The van der Waals surface area contributed by atoms with Crippen LogP contribution in [0.4, 0.5) is 0 Å². The predicted molar refractivity (Wildman–Crippen MR) is 88.3 cm³/mol. The minimum Gasteiger partial charge on any atom is -0.516 e. The Labute approximate surface area is 126 Å². The van der Waals surface area contributed by atoms with E-state index in [1.54, 1.807) is 6.92 Å². The zero-order chi connectivity index (χ0) is 15.0. The highest BCUT2D eigenvalue weighted by Crippen LogP contribution is 2.45. The van der Waals surface area contributed by atoms with E-state index in [-0.39, 0.29) is 5.97 Å². The summed E-state index contributed by atoms with van der Waals surface area (Å²) in [4.78, 5) is 12.2. The van der Waals surface area contributed by atoms with E-state index in [0.717, 1.165) is 12.1 Å². The molecule has 0 spiro atoms. The van der Waals surface area contributed by atoms with Gasteiger partial charge in [-0.2, -0.15) is 0 Å². The number of rotatable bonds is 9. The van der Waals surface area contributed by atoms with E-state index < -0.39 is 8.32 Å². The van der Waals surface area contributed by atoms with Gasteiger partial charge in [0.1, 0.15) is 0 Å². The summed E-state index contributed by atoms with van der Waals surface area (Å²) < 4.78 is 6.19. The van der Waals surface area contributed by atoms with Crippen LogP contribution in [0.15, 0.2) is 12.2 Å². The number of hydrogen-bond acceptors (Lipinski definition) is 2. The fourth-order valence-electron chi connectivity index (χ4n) is 3.39. The normalized spacial score (nSPS) is 16.4. The summed E-state index contributed by atoms with van der Waals surface area (Å²) in [5.41, 5.74) is 1.26. The maximum Gasteiger partial charge on any atom is 0.319 e. The van der Waals surface area contributed by atoms with Crippen LogP contribution in [0.5, 0.6) is 0 Å². The Morgan fingerprint density at radius 1 is 1.15 bits per heavy atom. The molecule has 1 rings (SSSR count). The minimum atomic E-state index is -1.94. The van der Waals surface area contributed by atoms with Gasteiger partial charge in [-0.3, -0.25) is 0 Å². The molecule has 0 unspecified atom stereocenters. The highest BCUT2D eigenvalue weighted by atomic mass is 28.4. The zero-order valence-electron chi connectivity index (χ0n) is 13.7. The largest absolute Gasteiger partial charge is 0.516 e. The maximum absolute atomic E-state index is 12.2. The first-order valence-corrected chi connectivity index (χ1v) is 10.8. The number of carbonyl (C=O) groups excluding carboxylic acids is 1. The van der Waals surface area contributed by atoms with Gasteiger partial charge in [0.05, 0.1) is 0 Å². The van der Waals surface area contributed by atoms with Crippen LogP contribution < -0.4 is 0 Å². The predicted octanol–water partition coefficient (Wildman–Crippen LogP) is 5.60. The molecule has 0 amide bonds. The van der Waals surface area contributed by atoms with E-state index in [2.05, 4.69) is 20.4 Å². The van der Waals surface area contributed by atoms with Crippen molar-refractivity contribution in [3.63, 3.8) is 0 Å². The second kappa shape index (κ2) is 8.66. The summed E-state index contributed by atoms with van der Waals surface area (Å²) in [5, 5.41) is 0. The Hall–Kier alpha value is -0.573. The van der Waals surface area contributed by atoms with Crippen LogP contribution in [0.2, 0.25) is 17.6 Å². The lowest BCUT2D eigenvalue weighted by Crippen LogP contribution is -2.44. The average Bonchev–Trinajstić information content (AvgIpc) is 2.96. The molecule has 0 saturated heterocycles. The molecule has 0 radical (unpaired) electrons. The minimum absolute atomic E-state index is 0.129. The van der Waals surface area contributed by atoms with Crippen molar-refractivity contribution in [2.75, 3.05) is 0 Å². The van der Waals surface area contributed by atoms with Gasteiger partial charge in [0, 0.05) is 5.57 Å². The van der Waals surface area contributed by atoms with Gasteiger partial charge in [0.15, 0.2) is 0 Å². The third-order valence-electron chi connectivity index (χ3n) is 4.65. The average molecular weight is 297 g/mol. The first-order valence-electron chi connectivity index (χ1n) is 8.44. The molecule has 0 aromatic heterocycles. The van der Waals surface area contributed by atoms with Crippen molar-refractivity contribution in [2.45, 2.75) is 89.8 Å². The van der Waals surface area contributed by atoms with Crippen molar-refractivity contribution < 1.29 is 9.22 Å². The van der Waals surface area contributed by atoms with Crippen molar-refractivity contribution in [3.05, 3.63) is 12.2 Å². The van der Waals surface area contributed by atoms with Gasteiger partial charge in [-0.05, 0) is 37.4 Å². The summed E-state index contributed by atoms with van der Waals surface area (Å²) in [6.45, 7) is 10.0. The van der Waals surface area contributed by atoms with Gasteiger partial charge < -0.3 is 4.43 Å². The van der Waals surface area contributed by atoms with Crippen molar-refractivity contribution in [2.24, 2.45) is 0 Å². The molecule has 3 heteroatoms. The molecule has 0 heterocycles. The van der Waals surface area contributed by atoms with Crippen LogP contribution in [0.1, 0.15) is 72.1 Å². The van der Waals surface area contributed by atoms with E-state index in [9.17, 15) is 4.79 Å². The molecule has 20 heavy (non-hydrogen) atoms. The van der Waals surface area contributed by atoms with Gasteiger partial charge >= 0.3 is 5.97 Å². The first kappa shape index (κ1) is 17.5. The second-order valence-corrected chi connectivity index (χ2v) is 10.6. The highest BCUT2D eigenvalue weighted by molar-refractivity contribution is 6.76. The van der Waals surface area contributed by atoms with E-state index in [1.165, 1.54) is 51.4 Å². The molecule has 1 fully saturated rings. The van der Waals surface area contributed by atoms with Gasteiger partial charge in [-0.15, -0.1) is 0 Å². The summed E-state index contributed by atoms with van der Waals surface area (Å²) in [5.74, 6) is -0.129. The van der Waals surface area contributed by atoms with E-state index in [1.807, 2.05) is 0 Å². The Morgan fingerprint density at radius 3 is 2.05 bits per heavy atom. The van der Waals surface area contributed by atoms with Gasteiger partial charge in [0.25, 0.3) is 8.32 Å². The van der Waals surface area contributed by atoms with Crippen LogP contribution >= 0.6 is 0 Å². The molecule has 0 N–H and O–H groups in total. The topological polar surface area (TPSA) is 26.3 Å². The fraction of sp³-hybridized carbons (Fsp3) is 0.824. The van der Waals surface area contributed by atoms with Crippen LogP contribution in [-0.4, -0.2) is 14.3 Å². The van der Waals surface area contributed by atoms with Crippen LogP contribution in [0, 0.1) is 0 Å². The Morgan fingerprint density at radius 2 is 1.65 bits per heavy atom. The van der Waals surface area contributed by atoms with E-state index in [4.69, 9.17) is 4.43 Å². The number of carbonyl (C=O) groups is 1. The molecule has 0 aromatic rings. The van der Waals surface area contributed by atoms with Crippen LogP contribution in [-0.2, 0) is 9.22 Å². The molecule has 0 aliphatic heterocycles. The van der Waals surface area contributed by atoms with E-state index in [0.29, 0.717) is 11.1 Å². The second-order valence-electron chi connectivity index (χ2n) is 6.42. The number of unbranched alkanes of at least 4 members (excludes halogenated alkanes) is 2. The Kier molecular flexibility index (Phi) is 7.56. The quantitative estimate of drug-likeness (QED) is 0.409. The Balaban J connectivity index is 2.89. The molecule has 0 bridgehead atoms. The van der Waals surface area contributed by atoms with Crippen molar-refractivity contribution in [1.82, 2.24) is 0 Å². The molecule has 1 saturated carbocycles. The van der Waals surface area contributed by atoms with Gasteiger partial charge in [0.2, 0.25) is 0 Å². The molecule has 116 valence electrons. The standard InChI is InChI=1S/C17H32O2Si/c1-5-7-13-20(14-8-6-2,16-11-9-10-12-16)19-17(18)15(3)4/h16H,3,5-14H2,1-2,4H3. The van der Waals surface area contributed by atoms with Crippen molar-refractivity contribution >= 4 is 14.3 Å². The smallest absolute Gasteiger partial charge is 0.319 e. The molecule has 0 aromatic carbocycles. The Bertz CT molecular complexity index is 311. The van der Waals surface area contributed by atoms with Crippen molar-refractivity contribution in [3.8, 4) is 0 Å². The third kappa shape index (κ3) is 4.76. The first-order chi connectivity index (χ1) is 9.55. The van der Waals surface area contributed by atoms with Crippen LogP contribution in [0.3, 0.4) is 0 Å². The molecular weight excluding hydrogens is 264 g/mol. The number of hydrogen-bond donors (Lipinski definition) is 0. The van der Waals surface area contributed by atoms with E-state index >= 15 is 0 Å². The third-order valence-corrected chi connectivity index (χ3v) is 9.71. The van der Waals surface area contributed by atoms with Crippen molar-refractivity contribution in [1.29, 1.82) is 0 Å². The van der Waals surface area contributed by atoms with Gasteiger partial charge in [-0.1, -0.05) is 59.0 Å². The molecule has 2 nitrogen and oxygen atoms in total. The van der Waals surface area contributed by atoms with Crippen LogP contribution in [0.25, 0.3) is 0 Å². The maximum atomic E-state index is 12.2. The molecule has 1 aliphatic rings. The molecular formula is C17H32O2Si. The lowest BCUT2D eigenvalue weighted by molar-refractivity contribution is -0.131. The highest BCUT2D eigenvalue weighted by Gasteiger charge is 2.46. The summed E-state index contributed by atoms with van der Waals surface area (Å²) in [6.07, 6.45) is 10.00. The fourth-order valence-corrected chi connectivity index (χ4v) is 8.74. The molecule has 1 aliphatic carbocycles. The summed E-state index contributed by atoms with van der Waals surface area (Å²) in [7, 11) is -1.94. The lowest BCUT2D eigenvalue weighted by Gasteiger charge is -2.36. The molecule has 0 atom stereocenters. The summed E-state index contributed by atoms with van der Waals surface area (Å²) in [6, 6.07) is 2.32. The zero-order valence-corrected chi connectivity index (χ0v) is 14.7. The lowest BCUT2D eigenvalue weighted by atomic mass is 10.4. The monoisotopic (exact) mass is 296 g/mol. The SMILES string of the molecule is C=C(C)C(=O)O[Si](CCCC)(CCCC)C1CCCC1.